The van der Waals surface area contributed by atoms with E-state index in [1.807, 2.05) is 13.8 Å². The van der Waals surface area contributed by atoms with E-state index in [1.165, 1.54) is 32.1 Å². The zero-order chi connectivity index (χ0) is 13.8. The number of hydrogen-bond acceptors (Lipinski definition) is 2. The van der Waals surface area contributed by atoms with E-state index < -0.39 is 11.5 Å². The Labute approximate surface area is 116 Å². The SMILES string of the molecule is CCC(C)(C(=O)O)N(C)C1C2CC3CC(C2)CC1C3. The molecule has 4 aliphatic carbocycles. The minimum Gasteiger partial charge on any atom is -0.480 e. The van der Waals surface area contributed by atoms with Gasteiger partial charge in [0, 0.05) is 6.04 Å². The second-order valence-electron chi connectivity index (χ2n) is 7.46. The first kappa shape index (κ1) is 13.4. The molecule has 1 unspecified atom stereocenters. The smallest absolute Gasteiger partial charge is 0.323 e. The standard InChI is InChI=1S/C16H27NO2/c1-4-16(2,15(18)19)17(3)14-12-6-10-5-11(8-12)9-13(14)7-10/h10-14H,4-9H2,1-3H3,(H,18,19). The molecule has 0 aromatic carbocycles. The quantitative estimate of drug-likeness (QED) is 0.849. The first-order valence-electron chi connectivity index (χ1n) is 7.92. The van der Waals surface area contributed by atoms with Gasteiger partial charge in [0.05, 0.1) is 0 Å². The summed E-state index contributed by atoms with van der Waals surface area (Å²) in [5.41, 5.74) is -0.694. The number of carbonyl (C=O) groups is 1. The van der Waals surface area contributed by atoms with E-state index in [0.29, 0.717) is 12.5 Å². The van der Waals surface area contributed by atoms with Gasteiger partial charge >= 0.3 is 5.97 Å². The topological polar surface area (TPSA) is 40.5 Å². The van der Waals surface area contributed by atoms with Crippen molar-refractivity contribution >= 4 is 5.97 Å². The largest absolute Gasteiger partial charge is 0.480 e. The van der Waals surface area contributed by atoms with Gasteiger partial charge in [-0.2, -0.15) is 0 Å². The summed E-state index contributed by atoms with van der Waals surface area (Å²) in [5, 5.41) is 9.62. The number of hydrogen-bond donors (Lipinski definition) is 1. The molecule has 1 atom stereocenters. The molecule has 0 heterocycles. The molecule has 108 valence electrons. The highest BCUT2D eigenvalue weighted by molar-refractivity contribution is 5.78. The summed E-state index contributed by atoms with van der Waals surface area (Å²) in [4.78, 5) is 13.9. The van der Waals surface area contributed by atoms with E-state index >= 15 is 0 Å². The third kappa shape index (κ3) is 1.93. The maximum atomic E-state index is 11.7. The average Bonchev–Trinajstić information content (AvgIpc) is 2.35. The van der Waals surface area contributed by atoms with Crippen molar-refractivity contribution < 1.29 is 9.90 Å². The van der Waals surface area contributed by atoms with Crippen LogP contribution in [-0.2, 0) is 4.79 Å². The summed E-state index contributed by atoms with van der Waals surface area (Å²) < 4.78 is 0. The molecular formula is C16H27NO2. The lowest BCUT2D eigenvalue weighted by atomic mass is 9.53. The number of rotatable bonds is 4. The summed E-state index contributed by atoms with van der Waals surface area (Å²) in [5.74, 6) is 2.75. The van der Waals surface area contributed by atoms with E-state index in [2.05, 4.69) is 11.9 Å². The highest BCUT2D eigenvalue weighted by Crippen LogP contribution is 2.55. The molecule has 3 heteroatoms. The van der Waals surface area contributed by atoms with Crippen LogP contribution in [0.4, 0.5) is 0 Å². The van der Waals surface area contributed by atoms with Crippen LogP contribution >= 0.6 is 0 Å². The zero-order valence-corrected chi connectivity index (χ0v) is 12.4. The maximum Gasteiger partial charge on any atom is 0.323 e. The monoisotopic (exact) mass is 265 g/mol. The zero-order valence-electron chi connectivity index (χ0n) is 12.4. The van der Waals surface area contributed by atoms with Crippen molar-refractivity contribution in [2.24, 2.45) is 23.7 Å². The Morgan fingerprint density at radius 3 is 2.00 bits per heavy atom. The van der Waals surface area contributed by atoms with Crippen molar-refractivity contribution in [1.29, 1.82) is 0 Å². The fourth-order valence-electron chi connectivity index (χ4n) is 5.41. The molecule has 4 saturated carbocycles. The summed E-state index contributed by atoms with van der Waals surface area (Å²) in [6, 6.07) is 0.508. The maximum absolute atomic E-state index is 11.7. The van der Waals surface area contributed by atoms with E-state index in [0.717, 1.165) is 23.7 Å². The molecule has 4 rings (SSSR count). The van der Waals surface area contributed by atoms with Gasteiger partial charge in [-0.3, -0.25) is 9.69 Å². The second-order valence-corrected chi connectivity index (χ2v) is 7.46. The molecule has 4 bridgehead atoms. The Morgan fingerprint density at radius 1 is 1.16 bits per heavy atom. The Morgan fingerprint density at radius 2 is 1.63 bits per heavy atom. The van der Waals surface area contributed by atoms with Gasteiger partial charge in [-0.1, -0.05) is 6.92 Å². The summed E-state index contributed by atoms with van der Waals surface area (Å²) in [7, 11) is 2.06. The van der Waals surface area contributed by atoms with Crippen LogP contribution in [0.1, 0.15) is 52.4 Å². The third-order valence-electron chi connectivity index (χ3n) is 6.55. The first-order valence-corrected chi connectivity index (χ1v) is 7.92. The molecule has 4 aliphatic rings. The molecule has 0 spiro atoms. The molecule has 0 aromatic heterocycles. The van der Waals surface area contributed by atoms with Crippen LogP contribution in [0.5, 0.6) is 0 Å². The third-order valence-corrected chi connectivity index (χ3v) is 6.55. The highest BCUT2D eigenvalue weighted by Gasteiger charge is 2.53. The molecule has 0 radical (unpaired) electrons. The molecule has 3 nitrogen and oxygen atoms in total. The summed E-state index contributed by atoms with van der Waals surface area (Å²) in [6.45, 7) is 3.90. The van der Waals surface area contributed by atoms with E-state index in [4.69, 9.17) is 0 Å². The van der Waals surface area contributed by atoms with Crippen LogP contribution in [-0.4, -0.2) is 34.6 Å². The lowest BCUT2D eigenvalue weighted by Crippen LogP contribution is -2.62. The van der Waals surface area contributed by atoms with E-state index in [9.17, 15) is 9.90 Å². The summed E-state index contributed by atoms with van der Waals surface area (Å²) in [6.07, 6.45) is 7.53. The molecule has 0 aliphatic heterocycles. The highest BCUT2D eigenvalue weighted by atomic mass is 16.4. The molecule has 4 fully saturated rings. The first-order chi connectivity index (χ1) is 8.95. The van der Waals surface area contributed by atoms with Gasteiger partial charge < -0.3 is 5.11 Å². The molecule has 0 amide bonds. The van der Waals surface area contributed by atoms with Crippen molar-refractivity contribution in [2.75, 3.05) is 7.05 Å². The number of carboxylic acids is 1. The van der Waals surface area contributed by atoms with Crippen molar-refractivity contribution in [3.05, 3.63) is 0 Å². The van der Waals surface area contributed by atoms with Crippen molar-refractivity contribution in [3.8, 4) is 0 Å². The van der Waals surface area contributed by atoms with Gasteiger partial charge in [0.25, 0.3) is 0 Å². The fraction of sp³-hybridized carbons (Fsp3) is 0.938. The number of carboxylic acid groups (broad SMARTS) is 1. The molecular weight excluding hydrogens is 238 g/mol. The minimum atomic E-state index is -0.694. The van der Waals surface area contributed by atoms with Gasteiger partial charge in [-0.25, -0.2) is 0 Å². The normalized spacial score (nSPS) is 43.5. The Hall–Kier alpha value is -0.570. The molecule has 19 heavy (non-hydrogen) atoms. The minimum absolute atomic E-state index is 0.508. The molecule has 0 aromatic rings. The predicted octanol–water partition coefficient (Wildman–Crippen LogP) is 3.00. The van der Waals surface area contributed by atoms with Crippen LogP contribution < -0.4 is 0 Å². The van der Waals surface area contributed by atoms with E-state index in [-0.39, 0.29) is 0 Å². The summed E-state index contributed by atoms with van der Waals surface area (Å²) >= 11 is 0. The van der Waals surface area contributed by atoms with Gasteiger partial charge in [0.15, 0.2) is 0 Å². The van der Waals surface area contributed by atoms with Gasteiger partial charge in [0.1, 0.15) is 5.54 Å². The van der Waals surface area contributed by atoms with E-state index in [1.54, 1.807) is 0 Å². The molecule has 0 saturated heterocycles. The average molecular weight is 265 g/mol. The number of nitrogens with zero attached hydrogens (tertiary/aromatic N) is 1. The van der Waals surface area contributed by atoms with Crippen LogP contribution in [0.3, 0.4) is 0 Å². The lowest BCUT2D eigenvalue weighted by molar-refractivity contribution is -0.158. The number of likely N-dealkylation sites (N-methyl/N-ethyl adjacent to an activating group) is 1. The van der Waals surface area contributed by atoms with Crippen molar-refractivity contribution in [1.82, 2.24) is 4.90 Å². The van der Waals surface area contributed by atoms with Crippen LogP contribution in [0.25, 0.3) is 0 Å². The van der Waals surface area contributed by atoms with Crippen LogP contribution in [0.15, 0.2) is 0 Å². The Balaban J connectivity index is 1.84. The van der Waals surface area contributed by atoms with Crippen molar-refractivity contribution in [2.45, 2.75) is 64.0 Å². The second kappa shape index (κ2) is 4.47. The Bertz CT molecular complexity index is 353. The van der Waals surface area contributed by atoms with Gasteiger partial charge in [0.2, 0.25) is 0 Å². The van der Waals surface area contributed by atoms with Crippen LogP contribution in [0, 0.1) is 23.7 Å². The van der Waals surface area contributed by atoms with Gasteiger partial charge in [-0.15, -0.1) is 0 Å². The van der Waals surface area contributed by atoms with Crippen LogP contribution in [0.2, 0.25) is 0 Å². The molecule has 1 N–H and O–H groups in total. The fourth-order valence-corrected chi connectivity index (χ4v) is 5.41. The van der Waals surface area contributed by atoms with Gasteiger partial charge in [-0.05, 0) is 76.2 Å². The Kier molecular flexibility index (Phi) is 3.16. The number of aliphatic carboxylic acids is 1. The predicted molar refractivity (Wildman–Crippen MR) is 74.9 cm³/mol. The lowest BCUT2D eigenvalue weighted by Gasteiger charge is -2.58. The van der Waals surface area contributed by atoms with Crippen molar-refractivity contribution in [3.63, 3.8) is 0 Å².